The van der Waals surface area contributed by atoms with Crippen molar-refractivity contribution in [1.82, 2.24) is 4.90 Å². The first-order valence-electron chi connectivity index (χ1n) is 7.31. The van der Waals surface area contributed by atoms with E-state index in [9.17, 15) is 4.79 Å². The van der Waals surface area contributed by atoms with Crippen molar-refractivity contribution in [2.24, 2.45) is 5.92 Å². The number of nitrogens with zero attached hydrogens (tertiary/aromatic N) is 1. The maximum Gasteiger partial charge on any atom is 0.310 e. The number of carboxylic acid groups (broad SMARTS) is 1. The fourth-order valence-electron chi connectivity index (χ4n) is 2.17. The third kappa shape index (κ3) is 6.87. The Bertz CT molecular complexity index is 370. The van der Waals surface area contributed by atoms with Gasteiger partial charge in [-0.1, -0.05) is 23.3 Å². The van der Waals surface area contributed by atoms with Gasteiger partial charge < -0.3 is 9.84 Å². The molecule has 1 aliphatic rings. The highest BCUT2D eigenvalue weighted by Crippen LogP contribution is 2.10. The quantitative estimate of drug-likeness (QED) is 0.761. The van der Waals surface area contributed by atoms with Gasteiger partial charge in [0, 0.05) is 19.6 Å². The molecule has 1 N–H and O–H groups in total. The van der Waals surface area contributed by atoms with E-state index in [1.165, 1.54) is 11.1 Å². The van der Waals surface area contributed by atoms with Crippen LogP contribution in [0, 0.1) is 5.92 Å². The summed E-state index contributed by atoms with van der Waals surface area (Å²) in [5.74, 6) is -1.17. The van der Waals surface area contributed by atoms with E-state index in [-0.39, 0.29) is 0 Å². The van der Waals surface area contributed by atoms with Crippen molar-refractivity contribution < 1.29 is 14.6 Å². The molecule has 0 spiro atoms. The molecule has 1 heterocycles. The predicted molar refractivity (Wildman–Crippen MR) is 80.8 cm³/mol. The summed E-state index contributed by atoms with van der Waals surface area (Å²) in [6, 6.07) is 0. The summed E-state index contributed by atoms with van der Waals surface area (Å²) in [5, 5.41) is 9.10. The van der Waals surface area contributed by atoms with Gasteiger partial charge in [0.2, 0.25) is 0 Å². The van der Waals surface area contributed by atoms with Gasteiger partial charge in [-0.05, 0) is 33.6 Å². The molecule has 1 atom stereocenters. The SMILES string of the molecule is CC(C)=CCC/C(C)=C/CN1CCOCC(C(=O)O)C1. The number of hydrogen-bond donors (Lipinski definition) is 1. The molecular weight excluding hydrogens is 254 g/mol. The Morgan fingerprint density at radius 2 is 2.10 bits per heavy atom. The van der Waals surface area contributed by atoms with Gasteiger partial charge >= 0.3 is 5.97 Å². The monoisotopic (exact) mass is 281 g/mol. The summed E-state index contributed by atoms with van der Waals surface area (Å²) in [4.78, 5) is 13.2. The number of ether oxygens (including phenoxy) is 1. The van der Waals surface area contributed by atoms with Crippen molar-refractivity contribution in [3.63, 3.8) is 0 Å². The average molecular weight is 281 g/mol. The van der Waals surface area contributed by atoms with Crippen molar-refractivity contribution in [2.75, 3.05) is 32.8 Å². The normalized spacial score (nSPS) is 21.4. The number of hydrogen-bond acceptors (Lipinski definition) is 3. The van der Waals surface area contributed by atoms with Gasteiger partial charge in [0.05, 0.1) is 19.1 Å². The highest BCUT2D eigenvalue weighted by Gasteiger charge is 2.23. The minimum Gasteiger partial charge on any atom is -0.481 e. The first kappa shape index (κ1) is 16.9. The number of allylic oxidation sites excluding steroid dienone is 3. The molecule has 1 aliphatic heterocycles. The fraction of sp³-hybridized carbons (Fsp3) is 0.688. The first-order valence-corrected chi connectivity index (χ1v) is 7.31. The van der Waals surface area contributed by atoms with Gasteiger partial charge in [-0.15, -0.1) is 0 Å². The van der Waals surface area contributed by atoms with E-state index in [4.69, 9.17) is 9.84 Å². The maximum atomic E-state index is 11.1. The Balaban J connectivity index is 2.41. The molecule has 114 valence electrons. The molecular formula is C16H27NO3. The topological polar surface area (TPSA) is 49.8 Å². The van der Waals surface area contributed by atoms with Crippen LogP contribution in [0.15, 0.2) is 23.3 Å². The third-order valence-corrected chi connectivity index (χ3v) is 3.49. The Morgan fingerprint density at radius 1 is 1.35 bits per heavy atom. The number of carbonyl (C=O) groups is 1. The smallest absolute Gasteiger partial charge is 0.310 e. The zero-order chi connectivity index (χ0) is 15.0. The zero-order valence-corrected chi connectivity index (χ0v) is 12.9. The largest absolute Gasteiger partial charge is 0.481 e. The summed E-state index contributed by atoms with van der Waals surface area (Å²) >= 11 is 0. The lowest BCUT2D eigenvalue weighted by molar-refractivity contribution is -0.143. The summed E-state index contributed by atoms with van der Waals surface area (Å²) < 4.78 is 5.35. The number of carboxylic acids is 1. The standard InChI is InChI=1S/C16H27NO3/c1-13(2)5-4-6-14(3)7-8-17-9-10-20-12-15(11-17)16(18)19/h5,7,15H,4,6,8-12H2,1-3H3,(H,18,19)/b14-7+. The van der Waals surface area contributed by atoms with Gasteiger partial charge in [-0.3, -0.25) is 9.69 Å². The Morgan fingerprint density at radius 3 is 2.75 bits per heavy atom. The van der Waals surface area contributed by atoms with Crippen LogP contribution in [0.3, 0.4) is 0 Å². The van der Waals surface area contributed by atoms with Crippen LogP contribution in [0.25, 0.3) is 0 Å². The Hall–Kier alpha value is -1.13. The first-order chi connectivity index (χ1) is 9.49. The van der Waals surface area contributed by atoms with E-state index in [1.54, 1.807) is 0 Å². The van der Waals surface area contributed by atoms with Crippen LogP contribution in [0.1, 0.15) is 33.6 Å². The van der Waals surface area contributed by atoms with E-state index < -0.39 is 11.9 Å². The van der Waals surface area contributed by atoms with Crippen molar-refractivity contribution in [3.05, 3.63) is 23.3 Å². The van der Waals surface area contributed by atoms with Crippen LogP contribution in [0.5, 0.6) is 0 Å². The van der Waals surface area contributed by atoms with Gasteiger partial charge in [0.25, 0.3) is 0 Å². The molecule has 0 amide bonds. The van der Waals surface area contributed by atoms with Gasteiger partial charge in [-0.25, -0.2) is 0 Å². The highest BCUT2D eigenvalue weighted by molar-refractivity contribution is 5.70. The lowest BCUT2D eigenvalue weighted by atomic mass is 10.1. The molecule has 1 fully saturated rings. The lowest BCUT2D eigenvalue weighted by Gasteiger charge is -2.20. The lowest BCUT2D eigenvalue weighted by Crippen LogP contribution is -2.33. The molecule has 0 aliphatic carbocycles. The Labute approximate surface area is 122 Å². The van der Waals surface area contributed by atoms with Crippen LogP contribution in [0.2, 0.25) is 0 Å². The van der Waals surface area contributed by atoms with Gasteiger partial charge in [-0.2, -0.15) is 0 Å². The molecule has 4 nitrogen and oxygen atoms in total. The van der Waals surface area contributed by atoms with Crippen molar-refractivity contribution in [3.8, 4) is 0 Å². The number of rotatable bonds is 6. The van der Waals surface area contributed by atoms with Crippen molar-refractivity contribution in [1.29, 1.82) is 0 Å². The van der Waals surface area contributed by atoms with E-state index in [0.717, 1.165) is 25.9 Å². The van der Waals surface area contributed by atoms with Crippen LogP contribution in [0.4, 0.5) is 0 Å². The third-order valence-electron chi connectivity index (χ3n) is 3.49. The molecule has 1 rings (SSSR count). The molecule has 0 radical (unpaired) electrons. The Kier molecular flexibility index (Phi) is 7.55. The van der Waals surface area contributed by atoms with Gasteiger partial charge in [0.15, 0.2) is 0 Å². The summed E-state index contributed by atoms with van der Waals surface area (Å²) in [7, 11) is 0. The highest BCUT2D eigenvalue weighted by atomic mass is 16.5. The van der Waals surface area contributed by atoms with Crippen LogP contribution < -0.4 is 0 Å². The molecule has 4 heteroatoms. The number of aliphatic carboxylic acids is 1. The molecule has 1 unspecified atom stereocenters. The molecule has 0 aromatic heterocycles. The fourth-order valence-corrected chi connectivity index (χ4v) is 2.17. The second-order valence-corrected chi connectivity index (χ2v) is 5.74. The van der Waals surface area contributed by atoms with Crippen LogP contribution >= 0.6 is 0 Å². The van der Waals surface area contributed by atoms with E-state index in [1.807, 2.05) is 0 Å². The second-order valence-electron chi connectivity index (χ2n) is 5.74. The summed E-state index contributed by atoms with van der Waals surface area (Å²) in [5.41, 5.74) is 2.71. The van der Waals surface area contributed by atoms with Gasteiger partial charge in [0.1, 0.15) is 0 Å². The van der Waals surface area contributed by atoms with Crippen molar-refractivity contribution >= 4 is 5.97 Å². The molecule has 0 aromatic carbocycles. The minimum absolute atomic E-state index is 0.328. The van der Waals surface area contributed by atoms with Crippen LogP contribution in [-0.2, 0) is 9.53 Å². The minimum atomic E-state index is -0.763. The predicted octanol–water partition coefficient (Wildman–Crippen LogP) is 2.71. The molecule has 0 saturated carbocycles. The van der Waals surface area contributed by atoms with E-state index in [0.29, 0.717) is 19.8 Å². The molecule has 0 bridgehead atoms. The maximum absolute atomic E-state index is 11.1. The summed E-state index contributed by atoms with van der Waals surface area (Å²) in [6.45, 7) is 9.51. The van der Waals surface area contributed by atoms with E-state index in [2.05, 4.69) is 37.8 Å². The molecule has 20 heavy (non-hydrogen) atoms. The zero-order valence-electron chi connectivity index (χ0n) is 12.9. The average Bonchev–Trinajstić information content (AvgIpc) is 2.61. The van der Waals surface area contributed by atoms with E-state index >= 15 is 0 Å². The second kappa shape index (κ2) is 8.93. The van der Waals surface area contributed by atoms with Crippen LogP contribution in [-0.4, -0.2) is 48.8 Å². The molecule has 1 saturated heterocycles. The van der Waals surface area contributed by atoms with Crippen molar-refractivity contribution in [2.45, 2.75) is 33.6 Å². The summed E-state index contributed by atoms with van der Waals surface area (Å²) in [6.07, 6.45) is 6.60. The molecule has 0 aromatic rings.